The van der Waals surface area contributed by atoms with Crippen LogP contribution in [0.2, 0.25) is 0 Å². The lowest BCUT2D eigenvalue weighted by atomic mass is 10.1. The van der Waals surface area contributed by atoms with Crippen LogP contribution in [-0.4, -0.2) is 28.8 Å². The van der Waals surface area contributed by atoms with E-state index in [1.807, 2.05) is 30.3 Å². The maximum Gasteiger partial charge on any atom is 0.169 e. The Morgan fingerprint density at radius 3 is 2.39 bits per heavy atom. The van der Waals surface area contributed by atoms with Crippen LogP contribution in [0.25, 0.3) is 0 Å². The lowest BCUT2D eigenvalue weighted by molar-refractivity contribution is 0.413. The lowest BCUT2D eigenvalue weighted by Crippen LogP contribution is -2.30. The normalized spacial score (nSPS) is 11.4. The van der Waals surface area contributed by atoms with Gasteiger partial charge < -0.3 is 14.7 Å². The number of thioether (sulfide) groups is 1. The molecule has 0 unspecified atom stereocenters. The summed E-state index contributed by atoms with van der Waals surface area (Å²) in [6.45, 7) is 1.02. The Hall–Kier alpha value is -3.84. The third kappa shape index (κ3) is 7.33. The fraction of sp³-hybridized carbons (Fsp3) is 0.138. The first-order valence-corrected chi connectivity index (χ1v) is 12.2. The van der Waals surface area contributed by atoms with E-state index in [9.17, 15) is 13.9 Å². The van der Waals surface area contributed by atoms with Gasteiger partial charge in [-0.3, -0.25) is 0 Å². The van der Waals surface area contributed by atoms with Crippen molar-refractivity contribution in [3.8, 4) is 11.5 Å². The number of halogens is 2. The number of amidine groups is 1. The minimum absolute atomic E-state index is 0.176. The zero-order chi connectivity index (χ0) is 25.3. The topological polar surface area (TPSA) is 45.1 Å². The molecule has 1 N–H and O–H groups in total. The summed E-state index contributed by atoms with van der Waals surface area (Å²) in [6, 6.07) is 27.3. The predicted octanol–water partition coefficient (Wildman–Crippen LogP) is 7.20. The van der Waals surface area contributed by atoms with Crippen LogP contribution >= 0.6 is 11.8 Å². The van der Waals surface area contributed by atoms with Crippen molar-refractivity contribution in [3.63, 3.8) is 0 Å². The average Bonchev–Trinajstić information content (AvgIpc) is 2.87. The molecule has 4 rings (SSSR count). The Bertz CT molecular complexity index is 1330. The van der Waals surface area contributed by atoms with Crippen LogP contribution in [0.3, 0.4) is 0 Å². The summed E-state index contributed by atoms with van der Waals surface area (Å²) in [6.07, 6.45) is 0.639. The third-order valence-electron chi connectivity index (χ3n) is 5.42. The maximum absolute atomic E-state index is 14.0. The Morgan fingerprint density at radius 2 is 1.64 bits per heavy atom. The monoisotopic (exact) mass is 504 g/mol. The minimum Gasteiger partial charge on any atom is -0.508 e. The molecule has 36 heavy (non-hydrogen) atoms. The van der Waals surface area contributed by atoms with Crippen molar-refractivity contribution in [2.75, 3.05) is 13.7 Å². The van der Waals surface area contributed by atoms with E-state index in [1.165, 1.54) is 36.0 Å². The molecule has 184 valence electrons. The largest absolute Gasteiger partial charge is 0.508 e. The van der Waals surface area contributed by atoms with Gasteiger partial charge in [0, 0.05) is 18.0 Å². The van der Waals surface area contributed by atoms with Gasteiger partial charge in [0.15, 0.2) is 5.17 Å². The molecule has 0 bridgehead atoms. The van der Waals surface area contributed by atoms with E-state index in [-0.39, 0.29) is 17.4 Å². The SMILES string of the molecule is COc1cccc(SC(=Nc2cccc(F)c2)N(CCc2ccc(F)cc2)Cc2cccc(O)c2)c1. The number of ether oxygens (including phenoxy) is 1. The summed E-state index contributed by atoms with van der Waals surface area (Å²) in [4.78, 5) is 7.80. The standard InChI is InChI=1S/C29H26F2N2O2S/c1-35-27-9-4-10-28(19-27)36-29(32-25-7-3-6-24(31)18-25)33(20-22-5-2-8-26(34)17-22)16-15-21-11-13-23(30)14-12-21/h2-14,17-19,34H,15-16,20H2,1H3. The Labute approximate surface area is 213 Å². The summed E-state index contributed by atoms with van der Waals surface area (Å²) in [5.41, 5.74) is 2.36. The number of phenolic OH excluding ortho intramolecular Hbond substituents is 1. The predicted molar refractivity (Wildman–Crippen MR) is 141 cm³/mol. The van der Waals surface area contributed by atoms with Crippen molar-refractivity contribution >= 4 is 22.6 Å². The van der Waals surface area contributed by atoms with Crippen LogP contribution in [0, 0.1) is 11.6 Å². The van der Waals surface area contributed by atoms with Gasteiger partial charge in [-0.2, -0.15) is 0 Å². The summed E-state index contributed by atoms with van der Waals surface area (Å²) in [5.74, 6) is 0.246. The number of benzene rings is 4. The second-order valence-corrected chi connectivity index (χ2v) is 9.16. The molecule has 0 aliphatic carbocycles. The van der Waals surface area contributed by atoms with Gasteiger partial charge in [0.25, 0.3) is 0 Å². The van der Waals surface area contributed by atoms with Crippen molar-refractivity contribution in [3.05, 3.63) is 120 Å². The maximum atomic E-state index is 14.0. The molecule has 0 amide bonds. The molecule has 0 spiro atoms. The first-order valence-electron chi connectivity index (χ1n) is 11.4. The van der Waals surface area contributed by atoms with Crippen LogP contribution in [0.1, 0.15) is 11.1 Å². The third-order valence-corrected chi connectivity index (χ3v) is 6.44. The van der Waals surface area contributed by atoms with E-state index < -0.39 is 0 Å². The van der Waals surface area contributed by atoms with E-state index in [0.717, 1.165) is 21.8 Å². The zero-order valence-corrected chi connectivity index (χ0v) is 20.6. The molecule has 0 aromatic heterocycles. The summed E-state index contributed by atoms with van der Waals surface area (Å²) < 4.78 is 32.8. The van der Waals surface area contributed by atoms with Gasteiger partial charge in [-0.05, 0) is 78.2 Å². The number of hydrogen-bond acceptors (Lipinski definition) is 4. The van der Waals surface area contributed by atoms with Gasteiger partial charge in [0.2, 0.25) is 0 Å². The molecular formula is C29H26F2N2O2S. The Balaban J connectivity index is 1.71. The Morgan fingerprint density at radius 1 is 0.861 bits per heavy atom. The van der Waals surface area contributed by atoms with Gasteiger partial charge in [-0.25, -0.2) is 13.8 Å². The van der Waals surface area contributed by atoms with Crippen molar-refractivity contribution in [1.29, 1.82) is 0 Å². The molecule has 0 atom stereocenters. The molecule has 0 aliphatic rings. The van der Waals surface area contributed by atoms with Crippen molar-refractivity contribution in [2.24, 2.45) is 4.99 Å². The van der Waals surface area contributed by atoms with Crippen LogP contribution in [0.4, 0.5) is 14.5 Å². The highest BCUT2D eigenvalue weighted by atomic mass is 32.2. The van der Waals surface area contributed by atoms with Gasteiger partial charge in [-0.1, -0.05) is 48.2 Å². The van der Waals surface area contributed by atoms with E-state index >= 15 is 0 Å². The molecule has 0 aliphatic heterocycles. The number of aliphatic imine (C=N–C) groups is 1. The van der Waals surface area contributed by atoms with E-state index in [1.54, 1.807) is 49.6 Å². The molecule has 4 aromatic carbocycles. The number of hydrogen-bond donors (Lipinski definition) is 1. The van der Waals surface area contributed by atoms with E-state index in [4.69, 9.17) is 9.73 Å². The second kappa shape index (κ2) is 12.2. The lowest BCUT2D eigenvalue weighted by Gasteiger charge is -2.26. The highest BCUT2D eigenvalue weighted by Crippen LogP contribution is 2.29. The van der Waals surface area contributed by atoms with Gasteiger partial charge in [0.05, 0.1) is 12.8 Å². The molecule has 4 aromatic rings. The van der Waals surface area contributed by atoms with E-state index in [2.05, 4.69) is 4.90 Å². The van der Waals surface area contributed by atoms with Gasteiger partial charge in [0.1, 0.15) is 23.1 Å². The van der Waals surface area contributed by atoms with E-state index in [0.29, 0.717) is 30.4 Å². The minimum atomic E-state index is -0.368. The van der Waals surface area contributed by atoms with Crippen LogP contribution < -0.4 is 4.74 Å². The Kier molecular flexibility index (Phi) is 8.57. The number of methoxy groups -OCH3 is 1. The molecule has 0 radical (unpaired) electrons. The summed E-state index contributed by atoms with van der Waals surface area (Å²) in [7, 11) is 1.61. The zero-order valence-electron chi connectivity index (χ0n) is 19.8. The number of rotatable bonds is 8. The molecule has 0 saturated carbocycles. The fourth-order valence-electron chi connectivity index (χ4n) is 3.62. The van der Waals surface area contributed by atoms with Crippen LogP contribution in [0.15, 0.2) is 107 Å². The molecule has 0 fully saturated rings. The van der Waals surface area contributed by atoms with Crippen LogP contribution in [-0.2, 0) is 13.0 Å². The van der Waals surface area contributed by atoms with Crippen molar-refractivity contribution < 1.29 is 18.6 Å². The van der Waals surface area contributed by atoms with Gasteiger partial charge >= 0.3 is 0 Å². The summed E-state index contributed by atoms with van der Waals surface area (Å²) >= 11 is 1.44. The first-order chi connectivity index (χ1) is 17.5. The molecule has 4 nitrogen and oxygen atoms in total. The number of phenols is 1. The van der Waals surface area contributed by atoms with Crippen molar-refractivity contribution in [2.45, 2.75) is 17.9 Å². The smallest absolute Gasteiger partial charge is 0.169 e. The first kappa shape index (κ1) is 25.3. The quantitative estimate of drug-likeness (QED) is 0.157. The highest BCUT2D eigenvalue weighted by molar-refractivity contribution is 8.13. The average molecular weight is 505 g/mol. The van der Waals surface area contributed by atoms with Gasteiger partial charge in [-0.15, -0.1) is 0 Å². The molecule has 0 saturated heterocycles. The molecule has 0 heterocycles. The molecule has 7 heteroatoms. The fourth-order valence-corrected chi connectivity index (χ4v) is 4.59. The summed E-state index contributed by atoms with van der Waals surface area (Å²) in [5, 5.41) is 10.7. The molecular weight excluding hydrogens is 478 g/mol. The second-order valence-electron chi connectivity index (χ2n) is 8.12. The highest BCUT2D eigenvalue weighted by Gasteiger charge is 2.16. The number of nitrogens with zero attached hydrogens (tertiary/aromatic N) is 2. The van der Waals surface area contributed by atoms with Crippen molar-refractivity contribution in [1.82, 2.24) is 4.90 Å². The number of aromatic hydroxyl groups is 1. The van der Waals surface area contributed by atoms with Crippen LogP contribution in [0.5, 0.6) is 11.5 Å².